The monoisotopic (exact) mass is 293 g/mol. The van der Waals surface area contributed by atoms with Gasteiger partial charge in [0.05, 0.1) is 0 Å². The Morgan fingerprint density at radius 2 is 2.00 bits per heavy atom. The Morgan fingerprint density at radius 1 is 1.24 bits per heavy atom. The maximum absolute atomic E-state index is 11.9. The number of alkyl carbamates (subject to hydrolysis) is 1. The van der Waals surface area contributed by atoms with Crippen LogP contribution in [-0.2, 0) is 20.9 Å². The van der Waals surface area contributed by atoms with Crippen molar-refractivity contribution in [3.63, 3.8) is 0 Å². The van der Waals surface area contributed by atoms with Gasteiger partial charge in [0.15, 0.2) is 0 Å². The van der Waals surface area contributed by atoms with E-state index in [9.17, 15) is 14.7 Å². The lowest BCUT2D eigenvalue weighted by molar-refractivity contribution is -0.145. The van der Waals surface area contributed by atoms with Gasteiger partial charge >= 0.3 is 12.1 Å². The van der Waals surface area contributed by atoms with Crippen molar-refractivity contribution >= 4 is 12.1 Å². The van der Waals surface area contributed by atoms with Crippen LogP contribution in [0.5, 0.6) is 0 Å². The largest absolute Gasteiger partial charge is 0.480 e. The van der Waals surface area contributed by atoms with Crippen LogP contribution in [-0.4, -0.2) is 35.9 Å². The molecule has 1 saturated heterocycles. The van der Waals surface area contributed by atoms with E-state index in [1.807, 2.05) is 30.3 Å². The SMILES string of the molecule is O=C(NC1(C(=O)O)CCCOCC1)OCc1ccccc1. The fraction of sp³-hybridized carbons (Fsp3) is 0.467. The van der Waals surface area contributed by atoms with E-state index in [0.29, 0.717) is 26.1 Å². The number of hydrogen-bond acceptors (Lipinski definition) is 4. The Labute approximate surface area is 123 Å². The van der Waals surface area contributed by atoms with Gasteiger partial charge in [-0.15, -0.1) is 0 Å². The molecule has 0 radical (unpaired) electrons. The summed E-state index contributed by atoms with van der Waals surface area (Å²) in [5.41, 5.74) is -0.453. The quantitative estimate of drug-likeness (QED) is 0.886. The molecule has 6 heteroatoms. The van der Waals surface area contributed by atoms with Gasteiger partial charge in [0.1, 0.15) is 12.1 Å². The molecule has 2 rings (SSSR count). The summed E-state index contributed by atoms with van der Waals surface area (Å²) in [6.07, 6.45) is 0.444. The molecule has 2 N–H and O–H groups in total. The number of benzene rings is 1. The van der Waals surface area contributed by atoms with Crippen LogP contribution in [0.3, 0.4) is 0 Å². The zero-order valence-corrected chi connectivity index (χ0v) is 11.7. The molecule has 1 fully saturated rings. The van der Waals surface area contributed by atoms with Crippen LogP contribution in [0.2, 0.25) is 0 Å². The molecule has 1 heterocycles. The van der Waals surface area contributed by atoms with Gasteiger partial charge in [-0.2, -0.15) is 0 Å². The van der Waals surface area contributed by atoms with Crippen LogP contribution < -0.4 is 5.32 Å². The number of amides is 1. The van der Waals surface area contributed by atoms with Crippen LogP contribution in [0.4, 0.5) is 4.79 Å². The number of ether oxygens (including phenoxy) is 2. The lowest BCUT2D eigenvalue weighted by Gasteiger charge is -2.28. The van der Waals surface area contributed by atoms with Crippen molar-refractivity contribution < 1.29 is 24.2 Å². The molecule has 1 aromatic rings. The number of carboxylic acid groups (broad SMARTS) is 1. The first kappa shape index (κ1) is 15.3. The molecule has 21 heavy (non-hydrogen) atoms. The van der Waals surface area contributed by atoms with Crippen LogP contribution in [0.1, 0.15) is 24.8 Å². The van der Waals surface area contributed by atoms with Gasteiger partial charge in [0.25, 0.3) is 0 Å². The van der Waals surface area contributed by atoms with Gasteiger partial charge in [-0.05, 0) is 18.4 Å². The molecule has 0 bridgehead atoms. The summed E-state index contributed by atoms with van der Waals surface area (Å²) in [6.45, 7) is 0.930. The lowest BCUT2D eigenvalue weighted by Crippen LogP contribution is -2.54. The minimum atomic E-state index is -1.30. The maximum Gasteiger partial charge on any atom is 0.408 e. The highest BCUT2D eigenvalue weighted by molar-refractivity contribution is 5.84. The molecule has 1 aliphatic rings. The summed E-state index contributed by atoms with van der Waals surface area (Å²) in [7, 11) is 0. The Morgan fingerprint density at radius 3 is 2.71 bits per heavy atom. The van der Waals surface area contributed by atoms with Crippen molar-refractivity contribution in [1.82, 2.24) is 5.32 Å². The molecule has 0 aliphatic carbocycles. The number of carbonyl (C=O) groups excluding carboxylic acids is 1. The van der Waals surface area contributed by atoms with E-state index in [4.69, 9.17) is 9.47 Å². The molecule has 1 unspecified atom stereocenters. The average molecular weight is 293 g/mol. The highest BCUT2D eigenvalue weighted by atomic mass is 16.5. The highest BCUT2D eigenvalue weighted by Crippen LogP contribution is 2.22. The third kappa shape index (κ3) is 4.19. The van der Waals surface area contributed by atoms with E-state index in [-0.39, 0.29) is 13.0 Å². The van der Waals surface area contributed by atoms with E-state index in [0.717, 1.165) is 5.56 Å². The van der Waals surface area contributed by atoms with Crippen molar-refractivity contribution in [2.75, 3.05) is 13.2 Å². The summed E-state index contributed by atoms with van der Waals surface area (Å²) >= 11 is 0. The first-order valence-electron chi connectivity index (χ1n) is 6.92. The molecule has 1 aliphatic heterocycles. The molecule has 6 nitrogen and oxygen atoms in total. The van der Waals surface area contributed by atoms with Crippen molar-refractivity contribution in [3.05, 3.63) is 35.9 Å². The average Bonchev–Trinajstić information content (AvgIpc) is 2.73. The Hall–Kier alpha value is -2.08. The fourth-order valence-corrected chi connectivity index (χ4v) is 2.30. The van der Waals surface area contributed by atoms with Crippen molar-refractivity contribution in [2.45, 2.75) is 31.4 Å². The Bertz CT molecular complexity index is 480. The van der Waals surface area contributed by atoms with Crippen LogP contribution in [0, 0.1) is 0 Å². The number of carbonyl (C=O) groups is 2. The first-order chi connectivity index (χ1) is 10.1. The van der Waals surface area contributed by atoms with Gasteiger partial charge in [0.2, 0.25) is 0 Å². The topological polar surface area (TPSA) is 84.9 Å². The van der Waals surface area contributed by atoms with E-state index < -0.39 is 17.6 Å². The second kappa shape index (κ2) is 7.08. The van der Waals surface area contributed by atoms with E-state index >= 15 is 0 Å². The first-order valence-corrected chi connectivity index (χ1v) is 6.92. The standard InChI is InChI=1S/C15H19NO5/c17-13(18)15(7-4-9-20-10-8-15)16-14(19)21-11-12-5-2-1-3-6-12/h1-3,5-6H,4,7-11H2,(H,16,19)(H,17,18). The number of rotatable bonds is 4. The van der Waals surface area contributed by atoms with E-state index in [1.54, 1.807) is 0 Å². The van der Waals surface area contributed by atoms with E-state index in [1.165, 1.54) is 0 Å². The molecule has 0 aromatic heterocycles. The Balaban J connectivity index is 1.93. The highest BCUT2D eigenvalue weighted by Gasteiger charge is 2.41. The summed E-state index contributed by atoms with van der Waals surface area (Å²) < 4.78 is 10.3. The Kier molecular flexibility index (Phi) is 5.16. The molecular formula is C15H19NO5. The maximum atomic E-state index is 11.9. The van der Waals surface area contributed by atoms with Crippen LogP contribution in [0.25, 0.3) is 0 Å². The van der Waals surface area contributed by atoms with Crippen molar-refractivity contribution in [1.29, 1.82) is 0 Å². The second-order valence-electron chi connectivity index (χ2n) is 5.04. The van der Waals surface area contributed by atoms with Gasteiger partial charge in [-0.25, -0.2) is 9.59 Å². The smallest absolute Gasteiger partial charge is 0.408 e. The predicted molar refractivity (Wildman–Crippen MR) is 74.8 cm³/mol. The minimum absolute atomic E-state index is 0.110. The molecular weight excluding hydrogens is 274 g/mol. The third-order valence-electron chi connectivity index (χ3n) is 3.53. The number of nitrogens with one attached hydrogen (secondary N) is 1. The molecule has 1 aromatic carbocycles. The van der Waals surface area contributed by atoms with Crippen LogP contribution in [0.15, 0.2) is 30.3 Å². The second-order valence-corrected chi connectivity index (χ2v) is 5.04. The molecule has 0 saturated carbocycles. The zero-order chi connectivity index (χ0) is 15.1. The predicted octanol–water partition coefficient (Wildman–Crippen LogP) is 1.94. The summed E-state index contributed by atoms with van der Waals surface area (Å²) in [4.78, 5) is 23.4. The molecule has 114 valence electrons. The summed E-state index contributed by atoms with van der Waals surface area (Å²) in [5, 5.41) is 11.9. The molecule has 1 atom stereocenters. The van der Waals surface area contributed by atoms with Crippen molar-refractivity contribution in [3.8, 4) is 0 Å². The van der Waals surface area contributed by atoms with Gasteiger partial charge in [0, 0.05) is 19.6 Å². The van der Waals surface area contributed by atoms with Gasteiger partial charge in [-0.1, -0.05) is 30.3 Å². The van der Waals surface area contributed by atoms with E-state index in [2.05, 4.69) is 5.32 Å². The number of hydrogen-bond donors (Lipinski definition) is 2. The lowest BCUT2D eigenvalue weighted by atomic mass is 9.91. The number of aliphatic carboxylic acids is 1. The minimum Gasteiger partial charge on any atom is -0.480 e. The van der Waals surface area contributed by atoms with Gasteiger partial charge < -0.3 is 19.9 Å². The summed E-state index contributed by atoms with van der Waals surface area (Å²) in [6, 6.07) is 9.23. The zero-order valence-electron chi connectivity index (χ0n) is 11.7. The third-order valence-corrected chi connectivity index (χ3v) is 3.53. The fourth-order valence-electron chi connectivity index (χ4n) is 2.30. The van der Waals surface area contributed by atoms with Crippen molar-refractivity contribution in [2.24, 2.45) is 0 Å². The summed E-state index contributed by atoms with van der Waals surface area (Å²) in [5.74, 6) is -1.05. The van der Waals surface area contributed by atoms with Crippen LogP contribution >= 0.6 is 0 Å². The van der Waals surface area contributed by atoms with Gasteiger partial charge in [-0.3, -0.25) is 0 Å². The normalized spacial score (nSPS) is 22.1. The molecule has 1 amide bonds. The molecule has 0 spiro atoms. The number of carboxylic acids is 1.